The molecule has 1 unspecified atom stereocenters. The van der Waals surface area contributed by atoms with Crippen LogP contribution in [0.1, 0.15) is 18.1 Å². The summed E-state index contributed by atoms with van der Waals surface area (Å²) >= 11 is 0. The largest absolute Gasteiger partial charge is 0.454 e. The molecule has 0 saturated heterocycles. The Morgan fingerprint density at radius 3 is 3.00 bits per heavy atom. The standard InChI is InChI=1S/C20H19N5O2/c1-13-8-15-4-2-3-5-16(15)25(13)20-23-19(11-22-24-20)21-10-14-6-7-17-18(9-14)27-12-26-17/h2-7,9,11,13H,8,10,12H2,1H3,(H,21,23,24). The molecule has 0 radical (unpaired) electrons. The van der Waals surface area contributed by atoms with Gasteiger partial charge in [-0.3, -0.25) is 0 Å². The van der Waals surface area contributed by atoms with E-state index < -0.39 is 0 Å². The lowest BCUT2D eigenvalue weighted by Gasteiger charge is -2.22. The van der Waals surface area contributed by atoms with E-state index >= 15 is 0 Å². The van der Waals surface area contributed by atoms with Crippen molar-refractivity contribution in [1.82, 2.24) is 15.2 Å². The second kappa shape index (κ2) is 6.42. The highest BCUT2D eigenvalue weighted by molar-refractivity contribution is 5.67. The van der Waals surface area contributed by atoms with E-state index in [1.807, 2.05) is 24.3 Å². The number of fused-ring (bicyclic) bond motifs is 2. The maximum atomic E-state index is 5.43. The zero-order valence-electron chi connectivity index (χ0n) is 14.9. The van der Waals surface area contributed by atoms with Crippen LogP contribution in [0.2, 0.25) is 0 Å². The van der Waals surface area contributed by atoms with E-state index in [0.29, 0.717) is 24.4 Å². The van der Waals surface area contributed by atoms with Crippen molar-refractivity contribution >= 4 is 17.5 Å². The lowest BCUT2D eigenvalue weighted by molar-refractivity contribution is 0.174. The monoisotopic (exact) mass is 361 g/mol. The summed E-state index contributed by atoms with van der Waals surface area (Å²) in [5, 5.41) is 11.7. The highest BCUT2D eigenvalue weighted by Gasteiger charge is 2.29. The van der Waals surface area contributed by atoms with Crippen LogP contribution >= 0.6 is 0 Å². The molecule has 0 aliphatic carbocycles. The van der Waals surface area contributed by atoms with Crippen molar-refractivity contribution in [3.8, 4) is 11.5 Å². The number of hydrogen-bond donors (Lipinski definition) is 1. The summed E-state index contributed by atoms with van der Waals surface area (Å²) in [6.45, 7) is 3.07. The van der Waals surface area contributed by atoms with Crippen molar-refractivity contribution < 1.29 is 9.47 Å². The molecule has 1 aromatic heterocycles. The molecule has 7 heteroatoms. The molecule has 2 aliphatic heterocycles. The maximum absolute atomic E-state index is 5.43. The van der Waals surface area contributed by atoms with Gasteiger partial charge in [-0.05, 0) is 42.7 Å². The van der Waals surface area contributed by atoms with Gasteiger partial charge in [0.15, 0.2) is 17.3 Å². The van der Waals surface area contributed by atoms with Crippen LogP contribution < -0.4 is 19.7 Å². The van der Waals surface area contributed by atoms with Crippen LogP contribution in [0.4, 0.5) is 17.5 Å². The van der Waals surface area contributed by atoms with E-state index in [2.05, 4.69) is 50.5 Å². The van der Waals surface area contributed by atoms with Crippen molar-refractivity contribution in [2.45, 2.75) is 25.9 Å². The first-order valence-corrected chi connectivity index (χ1v) is 8.97. The third-order valence-electron chi connectivity index (χ3n) is 4.88. The third kappa shape index (κ3) is 2.91. The summed E-state index contributed by atoms with van der Waals surface area (Å²) in [4.78, 5) is 6.82. The number of ether oxygens (including phenoxy) is 2. The van der Waals surface area contributed by atoms with Gasteiger partial charge < -0.3 is 19.7 Å². The lowest BCUT2D eigenvalue weighted by Crippen LogP contribution is -2.26. The van der Waals surface area contributed by atoms with Crippen molar-refractivity contribution in [3.63, 3.8) is 0 Å². The minimum Gasteiger partial charge on any atom is -0.454 e. The number of nitrogens with one attached hydrogen (secondary N) is 1. The third-order valence-corrected chi connectivity index (χ3v) is 4.88. The average Bonchev–Trinajstić information content (AvgIpc) is 3.29. The number of para-hydroxylation sites is 1. The Bertz CT molecular complexity index is 994. The van der Waals surface area contributed by atoms with Gasteiger partial charge in [-0.15, -0.1) is 5.10 Å². The van der Waals surface area contributed by atoms with Gasteiger partial charge in [0.25, 0.3) is 5.95 Å². The van der Waals surface area contributed by atoms with Gasteiger partial charge in [-0.2, -0.15) is 10.1 Å². The molecular weight excluding hydrogens is 342 g/mol. The molecular formula is C20H19N5O2. The summed E-state index contributed by atoms with van der Waals surface area (Å²) in [5.74, 6) is 2.86. The molecule has 0 fully saturated rings. The minimum atomic E-state index is 0.279. The average molecular weight is 361 g/mol. The highest BCUT2D eigenvalue weighted by atomic mass is 16.7. The van der Waals surface area contributed by atoms with Gasteiger partial charge in [-0.25, -0.2) is 0 Å². The van der Waals surface area contributed by atoms with E-state index in [0.717, 1.165) is 29.2 Å². The van der Waals surface area contributed by atoms with Gasteiger partial charge in [0.05, 0.1) is 6.20 Å². The predicted molar refractivity (Wildman–Crippen MR) is 101 cm³/mol. The van der Waals surface area contributed by atoms with Gasteiger partial charge >= 0.3 is 0 Å². The van der Waals surface area contributed by atoms with Gasteiger partial charge in [0.1, 0.15) is 0 Å². The molecule has 0 saturated carbocycles. The number of anilines is 3. The van der Waals surface area contributed by atoms with Crippen molar-refractivity contribution in [2.24, 2.45) is 0 Å². The number of aromatic nitrogens is 3. The van der Waals surface area contributed by atoms with Crippen LogP contribution in [0, 0.1) is 0 Å². The molecule has 27 heavy (non-hydrogen) atoms. The quantitative estimate of drug-likeness (QED) is 0.764. The first kappa shape index (κ1) is 15.9. The Morgan fingerprint density at radius 2 is 2.04 bits per heavy atom. The van der Waals surface area contributed by atoms with Crippen LogP contribution in [-0.2, 0) is 13.0 Å². The molecule has 0 bridgehead atoms. The first-order chi connectivity index (χ1) is 13.3. The molecule has 0 amide bonds. The van der Waals surface area contributed by atoms with E-state index in [4.69, 9.17) is 9.47 Å². The maximum Gasteiger partial charge on any atom is 0.252 e. The molecule has 3 aromatic rings. The van der Waals surface area contributed by atoms with E-state index in [1.54, 1.807) is 6.20 Å². The van der Waals surface area contributed by atoms with Crippen molar-refractivity contribution in [1.29, 1.82) is 0 Å². The SMILES string of the molecule is CC1Cc2ccccc2N1c1nncc(NCc2ccc3c(c2)OCO3)n1. The van der Waals surface area contributed by atoms with E-state index in [-0.39, 0.29) is 6.79 Å². The molecule has 1 N–H and O–H groups in total. The second-order valence-electron chi connectivity index (χ2n) is 6.73. The van der Waals surface area contributed by atoms with Crippen LogP contribution in [0.15, 0.2) is 48.7 Å². The van der Waals surface area contributed by atoms with Gasteiger partial charge in [-0.1, -0.05) is 24.3 Å². The van der Waals surface area contributed by atoms with Crippen LogP contribution in [0.3, 0.4) is 0 Å². The van der Waals surface area contributed by atoms with Crippen molar-refractivity contribution in [3.05, 3.63) is 59.8 Å². The second-order valence-corrected chi connectivity index (χ2v) is 6.73. The summed E-state index contributed by atoms with van der Waals surface area (Å²) in [7, 11) is 0. The molecule has 0 spiro atoms. The Hall–Kier alpha value is -3.35. The summed E-state index contributed by atoms with van der Waals surface area (Å²) in [6.07, 6.45) is 2.62. The molecule has 1 atom stereocenters. The zero-order valence-corrected chi connectivity index (χ0v) is 14.9. The molecule has 2 aromatic carbocycles. The molecule has 2 aliphatic rings. The van der Waals surface area contributed by atoms with Crippen LogP contribution in [0.25, 0.3) is 0 Å². The molecule has 136 valence electrons. The number of hydrogen-bond acceptors (Lipinski definition) is 7. The van der Waals surface area contributed by atoms with Gasteiger partial charge in [0, 0.05) is 18.3 Å². The fourth-order valence-corrected chi connectivity index (χ4v) is 3.60. The molecule has 5 rings (SSSR count). The summed E-state index contributed by atoms with van der Waals surface area (Å²) in [6, 6.07) is 14.6. The van der Waals surface area contributed by atoms with E-state index in [9.17, 15) is 0 Å². The number of benzene rings is 2. The highest BCUT2D eigenvalue weighted by Crippen LogP contribution is 2.36. The fraction of sp³-hybridized carbons (Fsp3) is 0.250. The van der Waals surface area contributed by atoms with Crippen LogP contribution in [-0.4, -0.2) is 28.0 Å². The van der Waals surface area contributed by atoms with Gasteiger partial charge in [0.2, 0.25) is 6.79 Å². The Kier molecular flexibility index (Phi) is 3.78. The lowest BCUT2D eigenvalue weighted by atomic mass is 10.1. The number of rotatable bonds is 4. The topological polar surface area (TPSA) is 72.4 Å². The molecule has 3 heterocycles. The smallest absolute Gasteiger partial charge is 0.252 e. The van der Waals surface area contributed by atoms with E-state index in [1.165, 1.54) is 5.56 Å². The summed E-state index contributed by atoms with van der Waals surface area (Å²) in [5.41, 5.74) is 3.55. The minimum absolute atomic E-state index is 0.279. The van der Waals surface area contributed by atoms with Crippen LogP contribution in [0.5, 0.6) is 11.5 Å². The first-order valence-electron chi connectivity index (χ1n) is 8.97. The Labute approximate surface area is 157 Å². The summed E-state index contributed by atoms with van der Waals surface area (Å²) < 4.78 is 10.8. The molecule has 7 nitrogen and oxygen atoms in total. The van der Waals surface area contributed by atoms with Crippen molar-refractivity contribution in [2.75, 3.05) is 17.0 Å². The Morgan fingerprint density at radius 1 is 1.15 bits per heavy atom. The fourth-order valence-electron chi connectivity index (χ4n) is 3.60. The zero-order chi connectivity index (χ0) is 18.2. The Balaban J connectivity index is 1.35. The predicted octanol–water partition coefficient (Wildman–Crippen LogP) is 3.30. The number of nitrogens with zero attached hydrogens (tertiary/aromatic N) is 4. The normalized spacial score (nSPS) is 17.1.